The molecule has 4 atom stereocenters. The van der Waals surface area contributed by atoms with Gasteiger partial charge in [-0.1, -0.05) is 42.0 Å². The molecule has 1 fully saturated rings. The van der Waals surface area contributed by atoms with Crippen LogP contribution in [0.15, 0.2) is 76.9 Å². The Balaban J connectivity index is 1.47. The number of ether oxygens (including phenoxy) is 1. The number of nitrogens with zero attached hydrogens (tertiary/aromatic N) is 1. The van der Waals surface area contributed by atoms with Gasteiger partial charge in [0.05, 0.1) is 29.1 Å². The van der Waals surface area contributed by atoms with Gasteiger partial charge in [-0.05, 0) is 77.6 Å². The lowest BCUT2D eigenvalue weighted by Crippen LogP contribution is -2.39. The molecule has 4 aliphatic rings. The third-order valence-corrected chi connectivity index (χ3v) is 9.26. The van der Waals surface area contributed by atoms with Crippen LogP contribution in [-0.2, 0) is 25.7 Å². The normalized spacial score (nSPS) is 26.2. The summed E-state index contributed by atoms with van der Waals surface area (Å²) in [5.41, 5.74) is 3.63. The molecule has 8 heteroatoms. The van der Waals surface area contributed by atoms with Gasteiger partial charge in [-0.3, -0.25) is 24.1 Å². The summed E-state index contributed by atoms with van der Waals surface area (Å²) >= 11 is 2.01. The van der Waals surface area contributed by atoms with Crippen molar-refractivity contribution in [3.05, 3.63) is 91.6 Å². The van der Waals surface area contributed by atoms with Crippen LogP contribution in [0.1, 0.15) is 36.8 Å². The second-order valence-corrected chi connectivity index (χ2v) is 11.7. The summed E-state index contributed by atoms with van der Waals surface area (Å²) in [6.45, 7) is 1.84. The van der Waals surface area contributed by atoms with Crippen LogP contribution < -0.4 is 4.74 Å². The summed E-state index contributed by atoms with van der Waals surface area (Å²) < 4.78 is 5.95. The quantitative estimate of drug-likeness (QED) is 0.228. The fourth-order valence-corrected chi connectivity index (χ4v) is 7.29. The number of benzene rings is 2. The van der Waals surface area contributed by atoms with E-state index < -0.39 is 23.7 Å². The molecule has 2 aromatic rings. The minimum atomic E-state index is -0.607. The molecule has 1 N–H and O–H groups in total. The number of carbonyl (C=O) groups excluding carboxylic acids is 4. The molecule has 0 saturated carbocycles. The number of hydrogen-bond acceptors (Lipinski definition) is 6. The molecule has 0 spiro atoms. The molecular formula is C31H26INO6. The number of ketones is 2. The van der Waals surface area contributed by atoms with Crippen molar-refractivity contribution in [1.29, 1.82) is 0 Å². The summed E-state index contributed by atoms with van der Waals surface area (Å²) in [5, 5.41) is 10.5. The molecular weight excluding hydrogens is 609 g/mol. The molecule has 0 aromatic heterocycles. The number of Topliss-reactive ketones (excluding diaryl/α,β-unsaturated/α-hetero) is 1. The van der Waals surface area contributed by atoms with Crippen LogP contribution in [0.3, 0.4) is 0 Å². The van der Waals surface area contributed by atoms with Crippen LogP contribution >= 0.6 is 22.6 Å². The lowest BCUT2D eigenvalue weighted by atomic mass is 9.59. The van der Waals surface area contributed by atoms with Gasteiger partial charge in [0, 0.05) is 22.6 Å². The summed E-state index contributed by atoms with van der Waals surface area (Å²) in [6.07, 6.45) is 4.00. The highest BCUT2D eigenvalue weighted by molar-refractivity contribution is 14.1. The van der Waals surface area contributed by atoms with Gasteiger partial charge in [-0.2, -0.15) is 0 Å². The van der Waals surface area contributed by atoms with Crippen LogP contribution in [0.2, 0.25) is 0 Å². The maximum absolute atomic E-state index is 13.9. The summed E-state index contributed by atoms with van der Waals surface area (Å²) in [6, 6.07) is 12.9. The van der Waals surface area contributed by atoms with Gasteiger partial charge in [-0.15, -0.1) is 0 Å². The van der Waals surface area contributed by atoms with Crippen LogP contribution in [0, 0.1) is 21.3 Å². The number of aromatic hydroxyl groups is 1. The van der Waals surface area contributed by atoms with Gasteiger partial charge in [0.2, 0.25) is 11.8 Å². The van der Waals surface area contributed by atoms with Crippen LogP contribution in [-0.4, -0.2) is 40.5 Å². The number of rotatable bonds is 4. The van der Waals surface area contributed by atoms with Gasteiger partial charge in [0.25, 0.3) is 0 Å². The number of phenols is 1. The zero-order valence-corrected chi connectivity index (χ0v) is 23.6. The number of hydrogen-bond donors (Lipinski definition) is 1. The number of amides is 2. The molecule has 198 valence electrons. The second-order valence-electron chi connectivity index (χ2n) is 10.5. The highest BCUT2D eigenvalue weighted by Gasteiger charge is 2.56. The molecule has 1 saturated heterocycles. The molecule has 0 bridgehead atoms. The SMILES string of the molecule is COc1cc([C@H]2C3=CC[C@@H]4C(=O)N(Cc5ccccc5)C(=O)[C@@H]4[C@@H]3CC3=C2C(=O)C=C(C)C3=O)cc(I)c1O. The molecule has 2 aromatic carbocycles. The largest absolute Gasteiger partial charge is 0.504 e. The van der Waals surface area contributed by atoms with Crippen molar-refractivity contribution < 1.29 is 29.0 Å². The summed E-state index contributed by atoms with van der Waals surface area (Å²) in [4.78, 5) is 55.5. The minimum Gasteiger partial charge on any atom is -0.504 e. The average molecular weight is 635 g/mol. The van der Waals surface area contributed by atoms with Crippen molar-refractivity contribution in [3.8, 4) is 11.5 Å². The fourth-order valence-electron chi connectivity index (χ4n) is 6.66. The van der Waals surface area contributed by atoms with E-state index >= 15 is 0 Å². The maximum atomic E-state index is 13.9. The smallest absolute Gasteiger partial charge is 0.234 e. The van der Waals surface area contributed by atoms with Gasteiger partial charge >= 0.3 is 0 Å². The number of carbonyl (C=O) groups is 4. The fraction of sp³-hybridized carbons (Fsp3) is 0.290. The van der Waals surface area contributed by atoms with E-state index in [-0.39, 0.29) is 47.8 Å². The van der Waals surface area contributed by atoms with E-state index in [2.05, 4.69) is 0 Å². The first-order valence-corrected chi connectivity index (χ1v) is 13.9. The monoisotopic (exact) mass is 635 g/mol. The molecule has 0 radical (unpaired) electrons. The number of phenolic OH excluding ortho intramolecular Hbond substituents is 1. The third kappa shape index (κ3) is 3.99. The summed E-state index contributed by atoms with van der Waals surface area (Å²) in [5.74, 6) is -2.68. The van der Waals surface area contributed by atoms with Crippen LogP contribution in [0.25, 0.3) is 0 Å². The number of likely N-dealkylation sites (tertiary alicyclic amines) is 1. The number of halogens is 1. The van der Waals surface area contributed by atoms with Crippen molar-refractivity contribution in [3.63, 3.8) is 0 Å². The van der Waals surface area contributed by atoms with E-state index in [4.69, 9.17) is 4.74 Å². The predicted octanol–water partition coefficient (Wildman–Crippen LogP) is 4.64. The van der Waals surface area contributed by atoms with Gasteiger partial charge in [0.1, 0.15) is 0 Å². The highest BCUT2D eigenvalue weighted by Crippen LogP contribution is 2.55. The van der Waals surface area contributed by atoms with Crippen molar-refractivity contribution >= 4 is 46.0 Å². The van der Waals surface area contributed by atoms with Gasteiger partial charge in [-0.25, -0.2) is 0 Å². The van der Waals surface area contributed by atoms with Crippen LogP contribution in [0.4, 0.5) is 0 Å². The Morgan fingerprint density at radius 1 is 1.05 bits per heavy atom. The lowest BCUT2D eigenvalue weighted by Gasteiger charge is -2.42. The first-order valence-electron chi connectivity index (χ1n) is 12.9. The lowest BCUT2D eigenvalue weighted by molar-refractivity contribution is -0.140. The highest BCUT2D eigenvalue weighted by atomic mass is 127. The van der Waals surface area contributed by atoms with Crippen molar-refractivity contribution in [1.82, 2.24) is 4.90 Å². The molecule has 1 aliphatic heterocycles. The molecule has 3 aliphatic carbocycles. The third-order valence-electron chi connectivity index (χ3n) is 8.44. The Morgan fingerprint density at radius 2 is 1.79 bits per heavy atom. The van der Waals surface area contributed by atoms with E-state index in [0.29, 0.717) is 32.3 Å². The van der Waals surface area contributed by atoms with Crippen molar-refractivity contribution in [2.75, 3.05) is 7.11 Å². The van der Waals surface area contributed by atoms with E-state index in [1.807, 2.05) is 59.0 Å². The van der Waals surface area contributed by atoms with E-state index in [1.165, 1.54) is 18.1 Å². The Labute approximate surface area is 239 Å². The van der Waals surface area contributed by atoms with Gasteiger partial charge < -0.3 is 9.84 Å². The second kappa shape index (κ2) is 9.59. The first-order chi connectivity index (χ1) is 18.7. The number of methoxy groups -OCH3 is 1. The molecule has 0 unspecified atom stereocenters. The van der Waals surface area contributed by atoms with Gasteiger partial charge in [0.15, 0.2) is 23.1 Å². The summed E-state index contributed by atoms with van der Waals surface area (Å²) in [7, 11) is 1.46. The maximum Gasteiger partial charge on any atom is 0.234 e. The topological polar surface area (TPSA) is 101 Å². The molecule has 39 heavy (non-hydrogen) atoms. The number of imide groups is 1. The van der Waals surface area contributed by atoms with E-state index in [9.17, 15) is 24.3 Å². The molecule has 6 rings (SSSR count). The van der Waals surface area contributed by atoms with E-state index in [1.54, 1.807) is 19.1 Å². The molecule has 1 heterocycles. The Bertz CT molecular complexity index is 1550. The number of allylic oxidation sites excluding steroid dienone is 6. The Morgan fingerprint density at radius 3 is 2.51 bits per heavy atom. The van der Waals surface area contributed by atoms with Crippen molar-refractivity contribution in [2.45, 2.75) is 32.2 Å². The Kier molecular flexibility index (Phi) is 6.32. The first kappa shape index (κ1) is 25.7. The standard InChI is InChI=1S/C31H26INO6/c1-15-10-23(34)27-21(28(15)35)13-20-18(25(27)17-11-22(32)29(36)24(12-17)39-2)8-9-19-26(20)31(38)33(30(19)37)14-16-6-4-3-5-7-16/h3-8,10-12,19-20,25-26,36H,9,13-14H2,1-2H3/t19-,20+,25-,26-/m0/s1. The predicted molar refractivity (Wildman–Crippen MR) is 151 cm³/mol. The molecule has 2 amide bonds. The van der Waals surface area contributed by atoms with Crippen molar-refractivity contribution in [2.24, 2.45) is 17.8 Å². The molecule has 7 nitrogen and oxygen atoms in total. The average Bonchev–Trinajstić information content (AvgIpc) is 3.17. The van der Waals surface area contributed by atoms with Crippen LogP contribution in [0.5, 0.6) is 11.5 Å². The zero-order valence-electron chi connectivity index (χ0n) is 21.4. The Hall–Kier alpha value is -3.53. The minimum absolute atomic E-state index is 0.00370. The van der Waals surface area contributed by atoms with E-state index in [0.717, 1.165) is 11.1 Å². The zero-order chi connectivity index (χ0) is 27.6. The number of fused-ring (bicyclic) bond motifs is 3.